The van der Waals surface area contributed by atoms with Gasteiger partial charge in [-0.05, 0) is 25.8 Å². The van der Waals surface area contributed by atoms with Crippen LogP contribution >= 0.6 is 0 Å². The third-order valence-corrected chi connectivity index (χ3v) is 3.64. The molecule has 1 aliphatic rings. The van der Waals surface area contributed by atoms with Crippen molar-refractivity contribution in [1.29, 1.82) is 0 Å². The van der Waals surface area contributed by atoms with Crippen molar-refractivity contribution in [3.8, 4) is 6.01 Å². The quantitative estimate of drug-likeness (QED) is 0.777. The van der Waals surface area contributed by atoms with Crippen molar-refractivity contribution in [2.45, 2.75) is 51.6 Å². The lowest BCUT2D eigenvalue weighted by atomic mass is 10.1. The molecule has 0 amide bonds. The first-order chi connectivity index (χ1) is 8.83. The van der Waals surface area contributed by atoms with Gasteiger partial charge in [0.15, 0.2) is 0 Å². The van der Waals surface area contributed by atoms with E-state index in [0.29, 0.717) is 6.01 Å². The van der Waals surface area contributed by atoms with E-state index in [0.717, 1.165) is 12.6 Å². The number of methoxy groups -OCH3 is 1. The van der Waals surface area contributed by atoms with Crippen molar-refractivity contribution in [2.24, 2.45) is 0 Å². The highest BCUT2D eigenvalue weighted by Gasteiger charge is 2.23. The molecule has 1 unspecified atom stereocenters. The molecule has 1 fully saturated rings. The normalized spacial score (nSPS) is 20.2. The molecule has 1 atom stereocenters. The molecule has 0 saturated carbocycles. The Morgan fingerprint density at radius 1 is 1.39 bits per heavy atom. The summed E-state index contributed by atoms with van der Waals surface area (Å²) in [6.07, 6.45) is 10.4. The minimum Gasteiger partial charge on any atom is -0.467 e. The van der Waals surface area contributed by atoms with Crippen LogP contribution in [0, 0.1) is 0 Å². The molecule has 100 valence electrons. The van der Waals surface area contributed by atoms with Crippen LogP contribution in [0.2, 0.25) is 0 Å². The van der Waals surface area contributed by atoms with Crippen LogP contribution in [-0.2, 0) is 6.54 Å². The molecule has 4 nitrogen and oxygen atoms in total. The van der Waals surface area contributed by atoms with Crippen LogP contribution in [0.25, 0.3) is 0 Å². The lowest BCUT2D eigenvalue weighted by Crippen LogP contribution is -2.28. The van der Waals surface area contributed by atoms with Crippen molar-refractivity contribution >= 4 is 0 Å². The first-order valence-corrected chi connectivity index (χ1v) is 6.92. The van der Waals surface area contributed by atoms with E-state index < -0.39 is 0 Å². The Kier molecular flexibility index (Phi) is 4.93. The molecule has 0 radical (unpaired) electrons. The summed E-state index contributed by atoms with van der Waals surface area (Å²) in [7, 11) is 1.59. The minimum atomic E-state index is 0.447. The molecular formula is C14H23N3O. The van der Waals surface area contributed by atoms with E-state index in [1.54, 1.807) is 7.11 Å². The number of unbranched alkanes of at least 4 members (excludes halogenated alkanes) is 1. The summed E-state index contributed by atoms with van der Waals surface area (Å²) in [4.78, 5) is 10.9. The van der Waals surface area contributed by atoms with Gasteiger partial charge in [-0.2, -0.15) is 0 Å². The first-order valence-electron chi connectivity index (χ1n) is 6.92. The van der Waals surface area contributed by atoms with Crippen molar-refractivity contribution in [2.75, 3.05) is 13.7 Å². The van der Waals surface area contributed by atoms with Crippen LogP contribution in [0.1, 0.15) is 44.6 Å². The predicted octanol–water partition coefficient (Wildman–Crippen LogP) is 2.64. The third kappa shape index (κ3) is 3.42. The molecule has 0 bridgehead atoms. The Labute approximate surface area is 109 Å². The van der Waals surface area contributed by atoms with E-state index >= 15 is 0 Å². The van der Waals surface area contributed by atoms with Gasteiger partial charge >= 0.3 is 6.01 Å². The molecule has 1 aromatic rings. The van der Waals surface area contributed by atoms with Gasteiger partial charge in [0.2, 0.25) is 0 Å². The second kappa shape index (κ2) is 6.69. The number of aromatic nitrogens is 2. The summed E-state index contributed by atoms with van der Waals surface area (Å²) in [5.74, 6) is 0. The Morgan fingerprint density at radius 3 is 2.83 bits per heavy atom. The summed E-state index contributed by atoms with van der Waals surface area (Å²) < 4.78 is 4.98. The Morgan fingerprint density at radius 2 is 2.17 bits per heavy atom. The third-order valence-electron chi connectivity index (χ3n) is 3.64. The number of hydrogen-bond acceptors (Lipinski definition) is 4. The maximum atomic E-state index is 4.98. The molecule has 1 saturated heterocycles. The fourth-order valence-corrected chi connectivity index (χ4v) is 2.63. The van der Waals surface area contributed by atoms with E-state index in [9.17, 15) is 0 Å². The summed E-state index contributed by atoms with van der Waals surface area (Å²) in [6.45, 7) is 4.44. The zero-order valence-corrected chi connectivity index (χ0v) is 11.4. The average Bonchev–Trinajstić information content (AvgIpc) is 2.84. The van der Waals surface area contributed by atoms with Crippen LogP contribution < -0.4 is 4.74 Å². The minimum absolute atomic E-state index is 0.447. The molecule has 1 aliphatic heterocycles. The predicted molar refractivity (Wildman–Crippen MR) is 71.5 cm³/mol. The van der Waals surface area contributed by atoms with Gasteiger partial charge in [0, 0.05) is 30.5 Å². The zero-order chi connectivity index (χ0) is 12.8. The van der Waals surface area contributed by atoms with Crippen molar-refractivity contribution in [3.05, 3.63) is 18.0 Å². The highest BCUT2D eigenvalue weighted by Crippen LogP contribution is 2.23. The maximum absolute atomic E-state index is 4.98. The lowest BCUT2D eigenvalue weighted by Gasteiger charge is -2.24. The molecule has 1 aromatic heterocycles. The first kappa shape index (κ1) is 13.3. The number of nitrogens with zero attached hydrogens (tertiary/aromatic N) is 3. The highest BCUT2D eigenvalue weighted by molar-refractivity contribution is 5.08. The summed E-state index contributed by atoms with van der Waals surface area (Å²) >= 11 is 0. The van der Waals surface area contributed by atoms with Crippen LogP contribution in [0.15, 0.2) is 12.4 Å². The largest absolute Gasteiger partial charge is 0.467 e. The maximum Gasteiger partial charge on any atom is 0.316 e. The number of ether oxygens (including phenoxy) is 1. The van der Waals surface area contributed by atoms with Crippen molar-refractivity contribution in [1.82, 2.24) is 14.9 Å². The number of rotatable bonds is 6. The second-order valence-electron chi connectivity index (χ2n) is 4.99. The standard InChI is InChI=1S/C14H23N3O/c1-3-4-6-13-7-5-8-17(13)11-12-9-15-14(18-2)16-10-12/h9-10,13H,3-8,11H2,1-2H3. The van der Waals surface area contributed by atoms with E-state index in [2.05, 4.69) is 21.8 Å². The van der Waals surface area contributed by atoms with E-state index in [4.69, 9.17) is 4.74 Å². The molecule has 2 rings (SSSR count). The zero-order valence-electron chi connectivity index (χ0n) is 11.4. The SMILES string of the molecule is CCCCC1CCCN1Cc1cnc(OC)nc1. The fraction of sp³-hybridized carbons (Fsp3) is 0.714. The van der Waals surface area contributed by atoms with Crippen molar-refractivity contribution < 1.29 is 4.74 Å². The highest BCUT2D eigenvalue weighted by atomic mass is 16.5. The van der Waals surface area contributed by atoms with E-state index in [-0.39, 0.29) is 0 Å². The molecule has 18 heavy (non-hydrogen) atoms. The summed E-state index contributed by atoms with van der Waals surface area (Å²) in [5, 5.41) is 0. The van der Waals surface area contributed by atoms with Crippen LogP contribution in [0.4, 0.5) is 0 Å². The van der Waals surface area contributed by atoms with Gasteiger partial charge in [0.25, 0.3) is 0 Å². The molecule has 2 heterocycles. The van der Waals surface area contributed by atoms with Gasteiger partial charge in [0.1, 0.15) is 0 Å². The molecular weight excluding hydrogens is 226 g/mol. The molecule has 0 spiro atoms. The molecule has 4 heteroatoms. The monoisotopic (exact) mass is 249 g/mol. The Balaban J connectivity index is 1.90. The van der Waals surface area contributed by atoms with Crippen LogP contribution in [0.5, 0.6) is 6.01 Å². The number of likely N-dealkylation sites (tertiary alicyclic amines) is 1. The van der Waals surface area contributed by atoms with Gasteiger partial charge in [-0.15, -0.1) is 0 Å². The van der Waals surface area contributed by atoms with E-state index in [1.807, 2.05) is 12.4 Å². The topological polar surface area (TPSA) is 38.2 Å². The van der Waals surface area contributed by atoms with E-state index in [1.165, 1.54) is 44.2 Å². The molecule has 0 aliphatic carbocycles. The van der Waals surface area contributed by atoms with Gasteiger partial charge in [-0.25, -0.2) is 9.97 Å². The second-order valence-corrected chi connectivity index (χ2v) is 4.99. The Hall–Kier alpha value is -1.16. The molecule has 0 aromatic carbocycles. The smallest absolute Gasteiger partial charge is 0.316 e. The summed E-state index contributed by atoms with van der Waals surface area (Å²) in [6, 6.07) is 1.20. The average molecular weight is 249 g/mol. The van der Waals surface area contributed by atoms with Gasteiger partial charge in [-0.3, -0.25) is 4.90 Å². The Bertz CT molecular complexity index is 353. The lowest BCUT2D eigenvalue weighted by molar-refractivity contribution is 0.230. The van der Waals surface area contributed by atoms with Crippen LogP contribution in [0.3, 0.4) is 0 Å². The van der Waals surface area contributed by atoms with Gasteiger partial charge in [0.05, 0.1) is 7.11 Å². The van der Waals surface area contributed by atoms with Gasteiger partial charge < -0.3 is 4.74 Å². The molecule has 0 N–H and O–H groups in total. The van der Waals surface area contributed by atoms with Crippen LogP contribution in [-0.4, -0.2) is 34.6 Å². The summed E-state index contributed by atoms with van der Waals surface area (Å²) in [5.41, 5.74) is 1.18. The van der Waals surface area contributed by atoms with Gasteiger partial charge in [-0.1, -0.05) is 19.8 Å². The fourth-order valence-electron chi connectivity index (χ4n) is 2.63. The number of hydrogen-bond donors (Lipinski definition) is 0. The van der Waals surface area contributed by atoms with Crippen molar-refractivity contribution in [3.63, 3.8) is 0 Å².